The third kappa shape index (κ3) is 2.29. The highest BCUT2D eigenvalue weighted by Gasteiger charge is 2.58. The van der Waals surface area contributed by atoms with Crippen LogP contribution < -0.4 is 0 Å². The van der Waals surface area contributed by atoms with Crippen LogP contribution in [-0.2, 0) is 14.3 Å². The maximum atomic E-state index is 12.7. The van der Waals surface area contributed by atoms with Crippen molar-refractivity contribution in [1.29, 1.82) is 0 Å². The summed E-state index contributed by atoms with van der Waals surface area (Å²) in [7, 11) is 0. The molecule has 0 amide bonds. The molecule has 1 aliphatic heterocycles. The Morgan fingerprint density at radius 1 is 1.25 bits per heavy atom. The van der Waals surface area contributed by atoms with Gasteiger partial charge in [-0.15, -0.1) is 0 Å². The number of ketones is 1. The van der Waals surface area contributed by atoms with Crippen LogP contribution in [0.25, 0.3) is 0 Å². The highest BCUT2D eigenvalue weighted by Crippen LogP contribution is 2.49. The van der Waals surface area contributed by atoms with Crippen LogP contribution in [0.1, 0.15) is 38.9 Å². The topological polar surface area (TPSA) is 43.4 Å². The fourth-order valence-electron chi connectivity index (χ4n) is 2.39. The molecule has 5 heteroatoms. The Labute approximate surface area is 131 Å². The maximum absolute atomic E-state index is 12.7. The summed E-state index contributed by atoms with van der Waals surface area (Å²) in [6.45, 7) is 5.09. The van der Waals surface area contributed by atoms with Gasteiger partial charge in [0.1, 0.15) is 15.8 Å². The predicted octanol–water partition coefficient (Wildman–Crippen LogP) is 4.08. The molecule has 0 saturated carbocycles. The van der Waals surface area contributed by atoms with Crippen LogP contribution in [0.4, 0.5) is 0 Å². The summed E-state index contributed by atoms with van der Waals surface area (Å²) in [4.78, 5) is 24.8. The van der Waals surface area contributed by atoms with E-state index in [1.54, 1.807) is 38.1 Å². The zero-order valence-electron chi connectivity index (χ0n) is 11.6. The largest absolute Gasteiger partial charge is 0.455 e. The quantitative estimate of drug-likeness (QED) is 0.454. The van der Waals surface area contributed by atoms with E-state index < -0.39 is 21.8 Å². The number of rotatable bonds is 2. The molecule has 0 radical (unpaired) electrons. The van der Waals surface area contributed by atoms with Gasteiger partial charge in [0.25, 0.3) is 0 Å². The Kier molecular flexibility index (Phi) is 4.00. The molecular weight excluding hydrogens is 344 g/mol. The standard InChI is InChI=1S/C15H16BrClO3/c1-4-15(16)11(9-5-7-10(17)8-6-9)20-13(19)14(2,3)12(15)18/h5-8,11H,4H2,1-3H3/t11-,15+/m0/s1. The number of Topliss-reactive ketones (excluding diaryl/α,β-unsaturated/α-hetero) is 1. The van der Waals surface area contributed by atoms with Crippen molar-refractivity contribution in [2.75, 3.05) is 0 Å². The molecule has 20 heavy (non-hydrogen) atoms. The number of hydrogen-bond donors (Lipinski definition) is 0. The lowest BCUT2D eigenvalue weighted by molar-refractivity contribution is -0.176. The van der Waals surface area contributed by atoms with Crippen molar-refractivity contribution in [3.05, 3.63) is 34.9 Å². The first-order chi connectivity index (χ1) is 9.23. The van der Waals surface area contributed by atoms with Crippen molar-refractivity contribution < 1.29 is 14.3 Å². The lowest BCUT2D eigenvalue weighted by Gasteiger charge is -2.43. The van der Waals surface area contributed by atoms with Crippen molar-refractivity contribution in [2.45, 2.75) is 37.6 Å². The first kappa shape index (κ1) is 15.5. The minimum atomic E-state index is -1.14. The lowest BCUT2D eigenvalue weighted by atomic mass is 9.74. The van der Waals surface area contributed by atoms with Crippen LogP contribution in [0.2, 0.25) is 5.02 Å². The van der Waals surface area contributed by atoms with Crippen LogP contribution >= 0.6 is 27.5 Å². The number of cyclic esters (lactones) is 1. The summed E-state index contributed by atoms with van der Waals surface area (Å²) in [6, 6.07) is 6.99. The average Bonchev–Trinajstić information content (AvgIpc) is 2.42. The van der Waals surface area contributed by atoms with E-state index in [1.165, 1.54) is 0 Å². The minimum Gasteiger partial charge on any atom is -0.455 e. The zero-order valence-corrected chi connectivity index (χ0v) is 13.9. The van der Waals surface area contributed by atoms with E-state index in [1.807, 2.05) is 6.92 Å². The second-order valence-corrected chi connectivity index (χ2v) is 7.36. The number of carbonyl (C=O) groups excluding carboxylic acids is 2. The first-order valence-corrected chi connectivity index (χ1v) is 7.61. The average molecular weight is 360 g/mol. The first-order valence-electron chi connectivity index (χ1n) is 6.44. The van der Waals surface area contributed by atoms with Crippen LogP contribution in [0.5, 0.6) is 0 Å². The van der Waals surface area contributed by atoms with Crippen LogP contribution in [0, 0.1) is 5.41 Å². The van der Waals surface area contributed by atoms with E-state index in [4.69, 9.17) is 16.3 Å². The molecule has 1 heterocycles. The smallest absolute Gasteiger partial charge is 0.319 e. The number of hydrogen-bond acceptors (Lipinski definition) is 3. The van der Waals surface area contributed by atoms with Gasteiger partial charge in [-0.25, -0.2) is 0 Å². The number of benzene rings is 1. The molecule has 3 nitrogen and oxygen atoms in total. The van der Waals surface area contributed by atoms with E-state index in [0.717, 1.165) is 5.56 Å². The van der Waals surface area contributed by atoms with E-state index >= 15 is 0 Å². The van der Waals surface area contributed by atoms with Crippen molar-refractivity contribution in [3.63, 3.8) is 0 Å². The van der Waals surface area contributed by atoms with Crippen LogP contribution in [-0.4, -0.2) is 16.1 Å². The van der Waals surface area contributed by atoms with Gasteiger partial charge in [0, 0.05) is 5.02 Å². The Balaban J connectivity index is 2.49. The maximum Gasteiger partial charge on any atom is 0.319 e. The monoisotopic (exact) mass is 358 g/mol. The van der Waals surface area contributed by atoms with Gasteiger partial charge in [-0.3, -0.25) is 9.59 Å². The molecule has 0 unspecified atom stereocenters. The van der Waals surface area contributed by atoms with Crippen LogP contribution in [0.15, 0.2) is 24.3 Å². The van der Waals surface area contributed by atoms with Gasteiger partial charge in [-0.05, 0) is 38.0 Å². The second-order valence-electron chi connectivity index (χ2n) is 5.51. The van der Waals surface area contributed by atoms with E-state index in [2.05, 4.69) is 15.9 Å². The molecule has 1 aliphatic rings. The summed E-state index contributed by atoms with van der Waals surface area (Å²) in [6.07, 6.45) is -0.117. The minimum absolute atomic E-state index is 0.149. The number of esters is 1. The molecular formula is C15H16BrClO3. The van der Waals surface area contributed by atoms with Crippen molar-refractivity contribution >= 4 is 39.3 Å². The van der Waals surface area contributed by atoms with Crippen molar-refractivity contribution in [2.24, 2.45) is 5.41 Å². The molecule has 1 saturated heterocycles. The Morgan fingerprint density at radius 3 is 2.30 bits per heavy atom. The van der Waals surface area contributed by atoms with Gasteiger partial charge in [-0.2, -0.15) is 0 Å². The highest BCUT2D eigenvalue weighted by molar-refractivity contribution is 9.10. The highest BCUT2D eigenvalue weighted by atomic mass is 79.9. The van der Waals surface area contributed by atoms with Gasteiger partial charge in [-0.1, -0.05) is 46.6 Å². The van der Waals surface area contributed by atoms with E-state index in [9.17, 15) is 9.59 Å². The molecule has 1 aromatic rings. The number of carbonyl (C=O) groups is 2. The fourth-order valence-corrected chi connectivity index (χ4v) is 3.37. The number of alkyl halides is 1. The van der Waals surface area contributed by atoms with Gasteiger partial charge in [0.15, 0.2) is 5.78 Å². The third-order valence-electron chi connectivity index (χ3n) is 3.78. The van der Waals surface area contributed by atoms with Crippen LogP contribution in [0.3, 0.4) is 0 Å². The summed E-state index contributed by atoms with van der Waals surface area (Å²) in [5.74, 6) is -0.644. The Bertz CT molecular complexity index is 553. The van der Waals surface area contributed by atoms with E-state index in [-0.39, 0.29) is 5.78 Å². The van der Waals surface area contributed by atoms with Gasteiger partial charge in [0.05, 0.1) is 0 Å². The molecule has 0 aromatic heterocycles. The normalized spacial score (nSPS) is 29.1. The SMILES string of the molecule is CC[C@]1(Br)C(=O)C(C)(C)C(=O)O[C@H]1c1ccc(Cl)cc1. The van der Waals surface area contributed by atoms with Gasteiger partial charge < -0.3 is 4.74 Å². The fraction of sp³-hybridized carbons (Fsp3) is 0.467. The summed E-state index contributed by atoms with van der Waals surface area (Å²) < 4.78 is 4.65. The molecule has 1 fully saturated rings. The Morgan fingerprint density at radius 2 is 1.80 bits per heavy atom. The number of halogens is 2. The summed E-state index contributed by atoms with van der Waals surface area (Å²) in [5, 5.41) is 0.596. The molecule has 2 atom stereocenters. The molecule has 1 aromatic carbocycles. The zero-order chi connectivity index (χ0) is 15.1. The Hall–Kier alpha value is -0.870. The number of ether oxygens (including phenoxy) is 1. The third-order valence-corrected chi connectivity index (χ3v) is 5.37. The molecule has 0 spiro atoms. The molecule has 2 rings (SSSR count). The molecule has 0 N–H and O–H groups in total. The van der Waals surface area contributed by atoms with E-state index in [0.29, 0.717) is 11.4 Å². The second kappa shape index (κ2) is 5.15. The lowest BCUT2D eigenvalue weighted by Crippen LogP contribution is -2.55. The van der Waals surface area contributed by atoms with Gasteiger partial charge in [0.2, 0.25) is 0 Å². The summed E-state index contributed by atoms with van der Waals surface area (Å²) in [5.41, 5.74) is -0.382. The van der Waals surface area contributed by atoms with Crippen molar-refractivity contribution in [1.82, 2.24) is 0 Å². The van der Waals surface area contributed by atoms with Gasteiger partial charge >= 0.3 is 5.97 Å². The molecule has 108 valence electrons. The molecule has 0 bridgehead atoms. The van der Waals surface area contributed by atoms with Crippen molar-refractivity contribution in [3.8, 4) is 0 Å². The molecule has 0 aliphatic carbocycles. The summed E-state index contributed by atoms with van der Waals surface area (Å²) >= 11 is 9.40. The predicted molar refractivity (Wildman–Crippen MR) is 81.0 cm³/mol.